The first-order chi connectivity index (χ1) is 11.4. The highest BCUT2D eigenvalue weighted by atomic mass is 19.4. The van der Waals surface area contributed by atoms with Crippen molar-refractivity contribution in [2.24, 2.45) is 5.92 Å². The largest absolute Gasteiger partial charge is 0.425 e. The number of unbranched alkanes of at least 4 members (excludes halogenated alkanes) is 1. The van der Waals surface area contributed by atoms with Crippen molar-refractivity contribution >= 4 is 17.6 Å². The van der Waals surface area contributed by atoms with Gasteiger partial charge in [0.05, 0.1) is 5.57 Å². The molecular weight excluding hydrogens is 337 g/mol. The fourth-order valence-electron chi connectivity index (χ4n) is 3.05. The molecule has 0 aliphatic carbocycles. The summed E-state index contributed by atoms with van der Waals surface area (Å²) >= 11 is 0. The first-order valence-corrected chi connectivity index (χ1v) is 8.32. The van der Waals surface area contributed by atoms with Gasteiger partial charge in [-0.25, -0.2) is 0 Å². The summed E-state index contributed by atoms with van der Waals surface area (Å²) in [5, 5.41) is 1.85. The zero-order valence-corrected chi connectivity index (χ0v) is 15.2. The molecule has 0 bridgehead atoms. The van der Waals surface area contributed by atoms with E-state index in [1.54, 1.807) is 13.8 Å². The number of ketones is 1. The molecule has 1 heterocycles. The number of hydrogen-bond acceptors (Lipinski definition) is 3. The van der Waals surface area contributed by atoms with Gasteiger partial charge in [0, 0.05) is 18.7 Å². The Morgan fingerprint density at radius 2 is 1.84 bits per heavy atom. The molecule has 1 atom stereocenters. The Bertz CT molecular complexity index is 596. The molecule has 0 unspecified atom stereocenters. The van der Waals surface area contributed by atoms with Crippen molar-refractivity contribution in [1.29, 1.82) is 0 Å². The summed E-state index contributed by atoms with van der Waals surface area (Å²) in [4.78, 5) is 37.8. The minimum absolute atomic E-state index is 0.0480. The van der Waals surface area contributed by atoms with Gasteiger partial charge in [-0.2, -0.15) is 13.2 Å². The van der Waals surface area contributed by atoms with Gasteiger partial charge in [0.1, 0.15) is 0 Å². The normalized spacial score (nSPS) is 21.3. The van der Waals surface area contributed by atoms with Gasteiger partial charge < -0.3 is 10.2 Å². The van der Waals surface area contributed by atoms with E-state index in [1.165, 1.54) is 6.92 Å². The summed E-state index contributed by atoms with van der Waals surface area (Å²) in [6.07, 6.45) is -4.14. The van der Waals surface area contributed by atoms with Crippen molar-refractivity contribution < 1.29 is 27.6 Å². The molecule has 0 aromatic rings. The number of rotatable bonds is 7. The van der Waals surface area contributed by atoms with Crippen LogP contribution in [0.25, 0.3) is 0 Å². The highest BCUT2D eigenvalue weighted by molar-refractivity contribution is 6.11. The summed E-state index contributed by atoms with van der Waals surface area (Å²) in [6.45, 7) is 7.55. The quantitative estimate of drug-likeness (QED) is 0.757. The Labute approximate surface area is 145 Å². The molecule has 1 aliphatic rings. The highest BCUT2D eigenvalue weighted by Gasteiger charge is 2.69. The molecule has 8 heteroatoms. The van der Waals surface area contributed by atoms with Crippen LogP contribution in [-0.2, 0) is 14.4 Å². The Kier molecular flexibility index (Phi) is 6.42. The summed E-state index contributed by atoms with van der Waals surface area (Å²) in [5.41, 5.74) is -4.05. The molecule has 0 saturated heterocycles. The van der Waals surface area contributed by atoms with Crippen molar-refractivity contribution in [1.82, 2.24) is 10.2 Å². The van der Waals surface area contributed by atoms with Crippen LogP contribution in [0.5, 0.6) is 0 Å². The molecule has 5 nitrogen and oxygen atoms in total. The van der Waals surface area contributed by atoms with Gasteiger partial charge in [0.2, 0.25) is 11.4 Å². The maximum Gasteiger partial charge on any atom is 0.425 e. The van der Waals surface area contributed by atoms with Gasteiger partial charge in [-0.1, -0.05) is 27.2 Å². The van der Waals surface area contributed by atoms with E-state index in [0.29, 0.717) is 12.8 Å². The second-order valence-corrected chi connectivity index (χ2v) is 6.72. The van der Waals surface area contributed by atoms with E-state index in [1.807, 2.05) is 12.2 Å². The molecule has 0 saturated carbocycles. The highest BCUT2D eigenvalue weighted by Crippen LogP contribution is 2.45. The number of alkyl halides is 3. The summed E-state index contributed by atoms with van der Waals surface area (Å²) < 4.78 is 42.0. The smallest absolute Gasteiger partial charge is 0.330 e. The number of hydrogen-bond donors (Lipinski definition) is 1. The number of Topliss-reactive ketones (excluding diaryl/α,β-unsaturated/α-hetero) is 1. The Morgan fingerprint density at radius 3 is 2.24 bits per heavy atom. The van der Waals surface area contributed by atoms with Gasteiger partial charge in [-0.05, 0) is 26.2 Å². The van der Waals surface area contributed by atoms with E-state index in [0.717, 1.165) is 11.8 Å². The van der Waals surface area contributed by atoms with Crippen LogP contribution in [0.1, 0.15) is 53.9 Å². The van der Waals surface area contributed by atoms with Crippen LogP contribution < -0.4 is 5.32 Å². The van der Waals surface area contributed by atoms with Crippen LogP contribution >= 0.6 is 0 Å². The van der Waals surface area contributed by atoms with Crippen molar-refractivity contribution in [3.63, 3.8) is 0 Å². The first kappa shape index (κ1) is 21.2. The number of halogens is 3. The summed E-state index contributed by atoms with van der Waals surface area (Å²) in [6, 6.07) is 0. The van der Waals surface area contributed by atoms with E-state index in [2.05, 4.69) is 0 Å². The first-order valence-electron chi connectivity index (χ1n) is 8.32. The number of allylic oxidation sites excluding steroid dienone is 1. The van der Waals surface area contributed by atoms with Gasteiger partial charge in [0.15, 0.2) is 5.78 Å². The maximum absolute atomic E-state index is 14.0. The molecule has 0 aromatic heterocycles. The van der Waals surface area contributed by atoms with Crippen molar-refractivity contribution in [2.75, 3.05) is 6.54 Å². The lowest BCUT2D eigenvalue weighted by atomic mass is 9.86. The zero-order chi connectivity index (χ0) is 19.6. The molecule has 0 fully saturated rings. The van der Waals surface area contributed by atoms with Gasteiger partial charge in [-0.15, -0.1) is 0 Å². The Balaban J connectivity index is 3.49. The molecule has 2 amide bonds. The molecule has 1 N–H and O–H groups in total. The molecule has 1 rings (SSSR count). The van der Waals surface area contributed by atoms with Gasteiger partial charge >= 0.3 is 6.18 Å². The fourth-order valence-corrected chi connectivity index (χ4v) is 3.05. The van der Waals surface area contributed by atoms with Crippen molar-refractivity contribution in [3.8, 4) is 0 Å². The predicted octanol–water partition coefficient (Wildman–Crippen LogP) is 2.96. The molecule has 25 heavy (non-hydrogen) atoms. The number of carbonyl (C=O) groups is 3. The number of nitrogens with zero attached hydrogens (tertiary/aromatic N) is 1. The monoisotopic (exact) mass is 362 g/mol. The van der Waals surface area contributed by atoms with Crippen LogP contribution in [0.4, 0.5) is 13.2 Å². The topological polar surface area (TPSA) is 66.5 Å². The minimum atomic E-state index is -5.13. The fraction of sp³-hybridized carbons (Fsp3) is 0.706. The second-order valence-electron chi connectivity index (χ2n) is 6.72. The summed E-state index contributed by atoms with van der Waals surface area (Å²) in [7, 11) is 0. The third kappa shape index (κ3) is 3.88. The molecule has 142 valence electrons. The molecule has 0 aromatic carbocycles. The van der Waals surface area contributed by atoms with E-state index < -0.39 is 34.9 Å². The standard InChI is InChI=1S/C17H25F3N2O3/c1-6-7-8-22-11(4)14(12(5)23)16(15(22)25,17(18,19)20)21-13(24)9-10(2)3/h10H,6-9H2,1-5H3,(H,21,24)/t16-/m1/s1. The third-order valence-corrected chi connectivity index (χ3v) is 4.14. The lowest BCUT2D eigenvalue weighted by molar-refractivity contribution is -0.194. The Hall–Kier alpha value is -1.86. The average molecular weight is 362 g/mol. The van der Waals surface area contributed by atoms with Crippen molar-refractivity contribution in [2.45, 2.75) is 65.6 Å². The third-order valence-electron chi connectivity index (χ3n) is 4.14. The molecule has 1 aliphatic heterocycles. The number of nitrogens with one attached hydrogen (secondary N) is 1. The predicted molar refractivity (Wildman–Crippen MR) is 86.4 cm³/mol. The second kappa shape index (κ2) is 7.58. The lowest BCUT2D eigenvalue weighted by Gasteiger charge is -2.33. The van der Waals surface area contributed by atoms with Crippen LogP contribution in [0, 0.1) is 5.92 Å². The SMILES string of the molecule is CCCCN1C(=O)[C@@](NC(=O)CC(C)C)(C(F)(F)F)C(C(C)=O)=C1C. The molecule has 0 spiro atoms. The summed E-state index contributed by atoms with van der Waals surface area (Å²) in [5.74, 6) is -3.30. The minimum Gasteiger partial charge on any atom is -0.330 e. The zero-order valence-electron chi connectivity index (χ0n) is 15.2. The average Bonchev–Trinajstić information content (AvgIpc) is 2.64. The van der Waals surface area contributed by atoms with Crippen LogP contribution in [0.15, 0.2) is 11.3 Å². The van der Waals surface area contributed by atoms with Gasteiger partial charge in [-0.3, -0.25) is 14.4 Å². The molecule has 0 radical (unpaired) electrons. The lowest BCUT2D eigenvalue weighted by Crippen LogP contribution is -2.66. The Morgan fingerprint density at radius 1 is 1.28 bits per heavy atom. The molecular formula is C17H25F3N2O3. The maximum atomic E-state index is 14.0. The van der Waals surface area contributed by atoms with E-state index in [4.69, 9.17) is 0 Å². The van der Waals surface area contributed by atoms with E-state index in [9.17, 15) is 27.6 Å². The van der Waals surface area contributed by atoms with Crippen LogP contribution in [0.3, 0.4) is 0 Å². The van der Waals surface area contributed by atoms with E-state index >= 15 is 0 Å². The van der Waals surface area contributed by atoms with Gasteiger partial charge in [0.25, 0.3) is 5.91 Å². The van der Waals surface area contributed by atoms with E-state index in [-0.39, 0.29) is 24.6 Å². The van der Waals surface area contributed by atoms with Crippen molar-refractivity contribution in [3.05, 3.63) is 11.3 Å². The number of amides is 2. The number of carbonyl (C=O) groups excluding carboxylic acids is 3. The van der Waals surface area contributed by atoms with Crippen LogP contribution in [0.2, 0.25) is 0 Å². The van der Waals surface area contributed by atoms with Crippen LogP contribution in [-0.4, -0.2) is 40.8 Å².